The summed E-state index contributed by atoms with van der Waals surface area (Å²) in [6.07, 6.45) is 5.31. The third kappa shape index (κ3) is 3.78. The van der Waals surface area contributed by atoms with E-state index >= 15 is 0 Å². The minimum Gasteiger partial charge on any atom is -0.334 e. The zero-order chi connectivity index (χ0) is 16.9. The molecule has 0 saturated carbocycles. The van der Waals surface area contributed by atoms with Crippen LogP contribution in [0.3, 0.4) is 0 Å². The van der Waals surface area contributed by atoms with Gasteiger partial charge in [0.15, 0.2) is 0 Å². The Bertz CT molecular complexity index is 829. The number of hydrogen-bond donors (Lipinski definition) is 2. The fourth-order valence-corrected chi connectivity index (χ4v) is 2.28. The first-order valence-corrected chi connectivity index (χ1v) is 7.50. The minimum atomic E-state index is -0.334. The Balaban J connectivity index is 1.55. The van der Waals surface area contributed by atoms with Gasteiger partial charge in [-0.15, -0.1) is 0 Å². The average molecular weight is 324 g/mol. The van der Waals surface area contributed by atoms with Crippen LogP contribution in [0.1, 0.15) is 11.1 Å². The lowest BCUT2D eigenvalue weighted by Gasteiger charge is -2.09. The number of carbonyl (C=O) groups excluding carboxylic acids is 1. The van der Waals surface area contributed by atoms with Crippen LogP contribution in [0.5, 0.6) is 0 Å². The number of anilines is 1. The molecule has 0 aliphatic heterocycles. The quantitative estimate of drug-likeness (QED) is 0.770. The van der Waals surface area contributed by atoms with E-state index in [0.29, 0.717) is 17.8 Å². The maximum Gasteiger partial charge on any atom is 0.319 e. The Kier molecular flexibility index (Phi) is 4.56. The van der Waals surface area contributed by atoms with E-state index in [4.69, 9.17) is 0 Å². The van der Waals surface area contributed by atoms with Gasteiger partial charge in [0, 0.05) is 30.3 Å². The van der Waals surface area contributed by atoms with Crippen LogP contribution in [0, 0.1) is 12.7 Å². The minimum absolute atomic E-state index is 0.293. The van der Waals surface area contributed by atoms with Crippen molar-refractivity contribution in [2.24, 2.45) is 0 Å². The normalized spacial score (nSPS) is 10.4. The highest BCUT2D eigenvalue weighted by molar-refractivity contribution is 5.89. The number of nitrogens with zero attached hydrogens (tertiary/aromatic N) is 2. The molecule has 24 heavy (non-hydrogen) atoms. The number of rotatable bonds is 4. The van der Waals surface area contributed by atoms with E-state index in [1.54, 1.807) is 25.5 Å². The fraction of sp³-hybridized carbons (Fsp3) is 0.111. The van der Waals surface area contributed by atoms with Crippen molar-refractivity contribution in [2.75, 3.05) is 5.32 Å². The number of amides is 2. The van der Waals surface area contributed by atoms with Gasteiger partial charge >= 0.3 is 6.03 Å². The zero-order valence-corrected chi connectivity index (χ0v) is 13.2. The largest absolute Gasteiger partial charge is 0.334 e. The number of halogens is 1. The van der Waals surface area contributed by atoms with Gasteiger partial charge in [-0.1, -0.05) is 12.1 Å². The van der Waals surface area contributed by atoms with Crippen LogP contribution >= 0.6 is 0 Å². The summed E-state index contributed by atoms with van der Waals surface area (Å²) >= 11 is 0. The van der Waals surface area contributed by atoms with E-state index in [1.807, 2.05) is 35.0 Å². The van der Waals surface area contributed by atoms with Crippen molar-refractivity contribution >= 4 is 11.7 Å². The van der Waals surface area contributed by atoms with Crippen molar-refractivity contribution in [1.82, 2.24) is 14.9 Å². The first-order chi connectivity index (χ1) is 11.6. The molecule has 0 aliphatic rings. The van der Waals surface area contributed by atoms with E-state index in [9.17, 15) is 9.18 Å². The summed E-state index contributed by atoms with van der Waals surface area (Å²) in [5.74, 6) is -0.293. The molecule has 0 unspecified atom stereocenters. The van der Waals surface area contributed by atoms with Crippen molar-refractivity contribution in [3.05, 3.63) is 78.1 Å². The van der Waals surface area contributed by atoms with Gasteiger partial charge in [-0.3, -0.25) is 0 Å². The number of aryl methyl sites for hydroxylation is 1. The molecule has 0 aliphatic carbocycles. The van der Waals surface area contributed by atoms with Crippen LogP contribution < -0.4 is 10.6 Å². The zero-order valence-electron chi connectivity index (χ0n) is 13.2. The van der Waals surface area contributed by atoms with Gasteiger partial charge in [-0.05, 0) is 48.4 Å². The second-order valence-corrected chi connectivity index (χ2v) is 5.41. The van der Waals surface area contributed by atoms with Crippen LogP contribution in [0.2, 0.25) is 0 Å². The topological polar surface area (TPSA) is 59.0 Å². The van der Waals surface area contributed by atoms with Gasteiger partial charge in [0.1, 0.15) is 5.82 Å². The molecule has 2 N–H and O–H groups in total. The standard InChI is InChI=1S/C18H17FN4O/c1-13-10-15(4-7-17(13)19)22-18(24)21-11-14-2-5-16(6-3-14)23-9-8-20-12-23/h2-10,12H,11H2,1H3,(H2,21,22,24). The van der Waals surface area contributed by atoms with Gasteiger partial charge in [0.25, 0.3) is 0 Å². The van der Waals surface area contributed by atoms with Crippen LogP contribution in [0.25, 0.3) is 5.69 Å². The number of urea groups is 1. The molecule has 122 valence electrons. The van der Waals surface area contributed by atoms with Crippen molar-refractivity contribution in [3.8, 4) is 5.69 Å². The smallest absolute Gasteiger partial charge is 0.319 e. The molecular weight excluding hydrogens is 307 g/mol. The lowest BCUT2D eigenvalue weighted by Crippen LogP contribution is -2.28. The fourth-order valence-electron chi connectivity index (χ4n) is 2.28. The summed E-state index contributed by atoms with van der Waals surface area (Å²) < 4.78 is 15.1. The molecule has 0 saturated heterocycles. The third-order valence-electron chi connectivity index (χ3n) is 3.61. The molecule has 0 fully saturated rings. The molecule has 6 heteroatoms. The van der Waals surface area contributed by atoms with E-state index in [1.165, 1.54) is 12.1 Å². The summed E-state index contributed by atoms with van der Waals surface area (Å²) in [5, 5.41) is 5.46. The van der Waals surface area contributed by atoms with Crippen LogP contribution in [0.4, 0.5) is 14.9 Å². The highest BCUT2D eigenvalue weighted by Crippen LogP contribution is 2.13. The monoisotopic (exact) mass is 324 g/mol. The number of hydrogen-bond acceptors (Lipinski definition) is 2. The SMILES string of the molecule is Cc1cc(NC(=O)NCc2ccc(-n3ccnc3)cc2)ccc1F. The molecule has 1 heterocycles. The van der Waals surface area contributed by atoms with Crippen LogP contribution in [-0.2, 0) is 6.54 Å². The number of carbonyl (C=O) groups is 1. The number of benzene rings is 2. The van der Waals surface area contributed by atoms with Crippen LogP contribution in [-0.4, -0.2) is 15.6 Å². The van der Waals surface area contributed by atoms with Gasteiger partial charge < -0.3 is 15.2 Å². The second-order valence-electron chi connectivity index (χ2n) is 5.41. The van der Waals surface area contributed by atoms with E-state index in [-0.39, 0.29) is 11.8 Å². The highest BCUT2D eigenvalue weighted by atomic mass is 19.1. The molecule has 1 aromatic heterocycles. The van der Waals surface area contributed by atoms with Gasteiger partial charge in [-0.25, -0.2) is 14.2 Å². The maximum absolute atomic E-state index is 13.2. The van der Waals surface area contributed by atoms with Crippen molar-refractivity contribution < 1.29 is 9.18 Å². The second kappa shape index (κ2) is 6.95. The predicted octanol–water partition coefficient (Wildman–Crippen LogP) is 3.64. The average Bonchev–Trinajstić information content (AvgIpc) is 3.11. The predicted molar refractivity (Wildman–Crippen MR) is 90.6 cm³/mol. The van der Waals surface area contributed by atoms with E-state index in [2.05, 4.69) is 15.6 Å². The number of imidazole rings is 1. The summed E-state index contributed by atoms with van der Waals surface area (Å²) in [6, 6.07) is 11.9. The first-order valence-electron chi connectivity index (χ1n) is 7.50. The summed E-state index contributed by atoms with van der Waals surface area (Å²) in [4.78, 5) is 15.9. The molecule has 3 rings (SSSR count). The molecule has 2 amide bonds. The van der Waals surface area contributed by atoms with Crippen molar-refractivity contribution in [3.63, 3.8) is 0 Å². The highest BCUT2D eigenvalue weighted by Gasteiger charge is 2.04. The molecule has 3 aromatic rings. The molecule has 0 spiro atoms. The van der Waals surface area contributed by atoms with Crippen molar-refractivity contribution in [1.29, 1.82) is 0 Å². The number of aromatic nitrogens is 2. The Morgan fingerprint density at radius 1 is 1.21 bits per heavy atom. The van der Waals surface area contributed by atoms with Crippen molar-refractivity contribution in [2.45, 2.75) is 13.5 Å². The molecule has 5 nitrogen and oxygen atoms in total. The molecule has 0 atom stereocenters. The Hall–Kier alpha value is -3.15. The van der Waals surface area contributed by atoms with E-state index in [0.717, 1.165) is 11.3 Å². The Labute approximate surface area is 139 Å². The van der Waals surface area contributed by atoms with E-state index < -0.39 is 0 Å². The summed E-state index contributed by atoms with van der Waals surface area (Å²) in [7, 11) is 0. The van der Waals surface area contributed by atoms with Crippen LogP contribution in [0.15, 0.2) is 61.2 Å². The third-order valence-corrected chi connectivity index (χ3v) is 3.61. The Morgan fingerprint density at radius 2 is 2.00 bits per heavy atom. The first kappa shape index (κ1) is 15.7. The molecular formula is C18H17FN4O. The van der Waals surface area contributed by atoms with Gasteiger partial charge in [0.05, 0.1) is 6.33 Å². The Morgan fingerprint density at radius 3 is 2.67 bits per heavy atom. The maximum atomic E-state index is 13.2. The number of nitrogens with one attached hydrogen (secondary N) is 2. The summed E-state index contributed by atoms with van der Waals surface area (Å²) in [5.41, 5.74) is 3.02. The van der Waals surface area contributed by atoms with Gasteiger partial charge in [-0.2, -0.15) is 0 Å². The molecule has 0 bridgehead atoms. The van der Waals surface area contributed by atoms with Gasteiger partial charge in [0.2, 0.25) is 0 Å². The lowest BCUT2D eigenvalue weighted by atomic mass is 10.2. The molecule has 2 aromatic carbocycles. The molecule has 0 radical (unpaired) electrons. The summed E-state index contributed by atoms with van der Waals surface area (Å²) in [6.45, 7) is 2.05. The lowest BCUT2D eigenvalue weighted by molar-refractivity contribution is 0.251.